The van der Waals surface area contributed by atoms with Crippen molar-refractivity contribution >= 4 is 34.4 Å². The molecule has 0 aliphatic carbocycles. The number of pyridine rings is 2. The molecule has 1 aliphatic rings. The molecule has 3 aromatic heterocycles. The van der Waals surface area contributed by atoms with Crippen LogP contribution in [-0.4, -0.2) is 33.6 Å². The Bertz CT molecular complexity index is 1040. The van der Waals surface area contributed by atoms with Crippen LogP contribution in [0.25, 0.3) is 5.52 Å². The monoisotopic (exact) mass is 409 g/mol. The van der Waals surface area contributed by atoms with Crippen molar-refractivity contribution < 1.29 is 18.0 Å². The number of rotatable bonds is 3. The molecule has 0 radical (unpaired) electrons. The Morgan fingerprint density at radius 1 is 1.18 bits per heavy atom. The quantitative estimate of drug-likeness (QED) is 0.657. The van der Waals surface area contributed by atoms with Gasteiger partial charge in [0.15, 0.2) is 5.15 Å². The molecule has 146 valence electrons. The zero-order chi connectivity index (χ0) is 19.9. The predicted octanol–water partition coefficient (Wildman–Crippen LogP) is 4.25. The second-order valence-corrected chi connectivity index (χ2v) is 6.81. The van der Waals surface area contributed by atoms with E-state index in [1.807, 2.05) is 12.1 Å². The molecule has 1 aliphatic heterocycles. The molecule has 1 N–H and O–H groups in total. The van der Waals surface area contributed by atoms with Gasteiger partial charge >= 0.3 is 6.18 Å². The second kappa shape index (κ2) is 6.97. The number of amides is 1. The molecule has 0 unspecified atom stereocenters. The number of hydrogen-bond donors (Lipinski definition) is 1. The van der Waals surface area contributed by atoms with E-state index in [-0.39, 0.29) is 11.3 Å². The molecule has 0 saturated carbocycles. The van der Waals surface area contributed by atoms with E-state index in [4.69, 9.17) is 11.6 Å². The van der Waals surface area contributed by atoms with Crippen molar-refractivity contribution in [2.75, 3.05) is 23.3 Å². The van der Waals surface area contributed by atoms with Crippen molar-refractivity contribution in [2.45, 2.75) is 19.0 Å². The van der Waals surface area contributed by atoms with Crippen LogP contribution >= 0.6 is 11.6 Å². The second-order valence-electron chi connectivity index (χ2n) is 6.45. The standard InChI is InChI=1S/C18H15ClF3N5O/c19-16-13(3-4-15(25-16)18(20,21)22)24-17(28)12-10-23-27-8-5-11(9-14(12)27)26-6-1-2-7-26/h3-5,8-10H,1-2,6-7H2,(H,24,28). The van der Waals surface area contributed by atoms with Crippen molar-refractivity contribution in [1.82, 2.24) is 14.6 Å². The lowest BCUT2D eigenvalue weighted by atomic mass is 10.2. The number of fused-ring (bicyclic) bond motifs is 1. The third-order valence-corrected chi connectivity index (χ3v) is 4.90. The zero-order valence-corrected chi connectivity index (χ0v) is 15.3. The summed E-state index contributed by atoms with van der Waals surface area (Å²) >= 11 is 5.82. The van der Waals surface area contributed by atoms with E-state index in [2.05, 4.69) is 20.3 Å². The fraction of sp³-hybridized carbons (Fsp3) is 0.278. The smallest absolute Gasteiger partial charge is 0.371 e. The van der Waals surface area contributed by atoms with Gasteiger partial charge < -0.3 is 10.2 Å². The minimum atomic E-state index is -4.61. The SMILES string of the molecule is O=C(Nc1ccc(C(F)(F)F)nc1Cl)c1cnn2ccc(N3CCCC3)cc12. The van der Waals surface area contributed by atoms with Gasteiger partial charge in [-0.3, -0.25) is 4.79 Å². The van der Waals surface area contributed by atoms with Gasteiger partial charge in [-0.15, -0.1) is 0 Å². The van der Waals surface area contributed by atoms with Crippen LogP contribution in [-0.2, 0) is 6.18 Å². The van der Waals surface area contributed by atoms with Crippen molar-refractivity contribution in [3.05, 3.63) is 53.1 Å². The van der Waals surface area contributed by atoms with Gasteiger partial charge in [0, 0.05) is 25.0 Å². The first-order chi connectivity index (χ1) is 13.3. The number of aromatic nitrogens is 3. The van der Waals surface area contributed by atoms with E-state index in [1.165, 1.54) is 6.20 Å². The molecule has 1 fully saturated rings. The molecule has 1 amide bonds. The first-order valence-electron chi connectivity index (χ1n) is 8.60. The number of halogens is 4. The molecule has 4 rings (SSSR count). The van der Waals surface area contributed by atoms with E-state index >= 15 is 0 Å². The molecule has 6 nitrogen and oxygen atoms in total. The number of carbonyl (C=O) groups is 1. The topological polar surface area (TPSA) is 62.5 Å². The van der Waals surface area contributed by atoms with Gasteiger partial charge in [0.2, 0.25) is 0 Å². The maximum Gasteiger partial charge on any atom is 0.433 e. The fourth-order valence-corrected chi connectivity index (χ4v) is 3.39. The molecule has 0 bridgehead atoms. The summed E-state index contributed by atoms with van der Waals surface area (Å²) < 4.78 is 39.7. The van der Waals surface area contributed by atoms with Gasteiger partial charge in [-0.1, -0.05) is 11.6 Å². The lowest BCUT2D eigenvalue weighted by molar-refractivity contribution is -0.141. The van der Waals surface area contributed by atoms with Crippen molar-refractivity contribution in [3.63, 3.8) is 0 Å². The van der Waals surface area contributed by atoms with Crippen LogP contribution in [0.5, 0.6) is 0 Å². The van der Waals surface area contributed by atoms with Crippen LogP contribution in [0.3, 0.4) is 0 Å². The lowest BCUT2D eigenvalue weighted by Gasteiger charge is -2.17. The summed E-state index contributed by atoms with van der Waals surface area (Å²) in [4.78, 5) is 18.2. The lowest BCUT2D eigenvalue weighted by Crippen LogP contribution is -2.18. The number of nitrogens with one attached hydrogen (secondary N) is 1. The van der Waals surface area contributed by atoms with Gasteiger partial charge in [0.1, 0.15) is 5.69 Å². The molecule has 1 saturated heterocycles. The summed E-state index contributed by atoms with van der Waals surface area (Å²) in [5, 5.41) is 6.23. The number of nitrogens with zero attached hydrogens (tertiary/aromatic N) is 4. The van der Waals surface area contributed by atoms with E-state index < -0.39 is 22.9 Å². The first-order valence-corrected chi connectivity index (χ1v) is 8.98. The van der Waals surface area contributed by atoms with Crippen LogP contribution in [0, 0.1) is 0 Å². The zero-order valence-electron chi connectivity index (χ0n) is 14.5. The van der Waals surface area contributed by atoms with Crippen LogP contribution in [0.15, 0.2) is 36.7 Å². The van der Waals surface area contributed by atoms with E-state index in [0.717, 1.165) is 43.8 Å². The first kappa shape index (κ1) is 18.5. The summed E-state index contributed by atoms with van der Waals surface area (Å²) in [6.45, 7) is 1.91. The molecule has 3 aromatic rings. The van der Waals surface area contributed by atoms with Crippen molar-refractivity contribution in [3.8, 4) is 0 Å². The maximum absolute atomic E-state index is 12.7. The van der Waals surface area contributed by atoms with E-state index in [1.54, 1.807) is 10.7 Å². The molecular weight excluding hydrogens is 395 g/mol. The summed E-state index contributed by atoms with van der Waals surface area (Å²) in [6, 6.07) is 5.66. The molecule has 10 heteroatoms. The Hall–Kier alpha value is -2.81. The van der Waals surface area contributed by atoms with E-state index in [9.17, 15) is 18.0 Å². The van der Waals surface area contributed by atoms with Gasteiger partial charge in [-0.2, -0.15) is 18.3 Å². The summed E-state index contributed by atoms with van der Waals surface area (Å²) in [5.74, 6) is -0.531. The van der Waals surface area contributed by atoms with E-state index in [0.29, 0.717) is 5.52 Å². The third-order valence-electron chi connectivity index (χ3n) is 4.61. The molecule has 0 atom stereocenters. The van der Waals surface area contributed by atoms with Crippen LogP contribution in [0.2, 0.25) is 5.15 Å². The van der Waals surface area contributed by atoms with Crippen LogP contribution < -0.4 is 10.2 Å². The largest absolute Gasteiger partial charge is 0.433 e. The van der Waals surface area contributed by atoms with Crippen LogP contribution in [0.1, 0.15) is 28.9 Å². The van der Waals surface area contributed by atoms with Crippen molar-refractivity contribution in [2.24, 2.45) is 0 Å². The summed E-state index contributed by atoms with van der Waals surface area (Å²) in [5.41, 5.74) is 0.750. The van der Waals surface area contributed by atoms with Gasteiger partial charge in [-0.25, -0.2) is 9.50 Å². The van der Waals surface area contributed by atoms with Gasteiger partial charge in [0.25, 0.3) is 5.91 Å². The highest BCUT2D eigenvalue weighted by molar-refractivity contribution is 6.32. The van der Waals surface area contributed by atoms with Gasteiger partial charge in [-0.05, 0) is 37.1 Å². The van der Waals surface area contributed by atoms with Gasteiger partial charge in [0.05, 0.1) is 23.0 Å². The molecule has 0 spiro atoms. The third kappa shape index (κ3) is 3.49. The number of hydrogen-bond acceptors (Lipinski definition) is 4. The Kier molecular flexibility index (Phi) is 4.62. The Balaban J connectivity index is 1.61. The molecule has 4 heterocycles. The maximum atomic E-state index is 12.7. The Labute approximate surface area is 162 Å². The predicted molar refractivity (Wildman–Crippen MR) is 98.8 cm³/mol. The highest BCUT2D eigenvalue weighted by atomic mass is 35.5. The highest BCUT2D eigenvalue weighted by Crippen LogP contribution is 2.31. The Morgan fingerprint density at radius 2 is 1.93 bits per heavy atom. The average molecular weight is 410 g/mol. The molecule has 28 heavy (non-hydrogen) atoms. The molecular formula is C18H15ClF3N5O. The number of anilines is 2. The number of alkyl halides is 3. The minimum absolute atomic E-state index is 0.00489. The van der Waals surface area contributed by atoms with Crippen LogP contribution in [0.4, 0.5) is 24.5 Å². The van der Waals surface area contributed by atoms with Crippen molar-refractivity contribution in [1.29, 1.82) is 0 Å². The minimum Gasteiger partial charge on any atom is -0.371 e. The summed E-state index contributed by atoms with van der Waals surface area (Å²) in [7, 11) is 0. The Morgan fingerprint density at radius 3 is 2.61 bits per heavy atom. The number of carbonyl (C=O) groups excluding carboxylic acids is 1. The fourth-order valence-electron chi connectivity index (χ4n) is 3.19. The summed E-state index contributed by atoms with van der Waals surface area (Å²) in [6.07, 6.45) is 0.811. The average Bonchev–Trinajstić information content (AvgIpc) is 3.31. The highest BCUT2D eigenvalue weighted by Gasteiger charge is 2.33. The normalized spacial score (nSPS) is 14.6. The molecule has 0 aromatic carbocycles.